The van der Waals surface area contributed by atoms with Crippen molar-refractivity contribution in [3.05, 3.63) is 33.4 Å². The van der Waals surface area contributed by atoms with E-state index in [9.17, 15) is 14.9 Å². The average Bonchev–Trinajstić information content (AvgIpc) is 2.46. The van der Waals surface area contributed by atoms with Crippen LogP contribution in [0.3, 0.4) is 0 Å². The summed E-state index contributed by atoms with van der Waals surface area (Å²) >= 11 is 0. The summed E-state index contributed by atoms with van der Waals surface area (Å²) in [7, 11) is 1.43. The number of rotatable bonds is 4. The molecule has 0 fully saturated rings. The van der Waals surface area contributed by atoms with Gasteiger partial charge in [-0.1, -0.05) is 13.8 Å². The molecule has 0 unspecified atom stereocenters. The maximum Gasteiger partial charge on any atom is 0.328 e. The van der Waals surface area contributed by atoms with Gasteiger partial charge in [-0.05, 0) is 24.0 Å². The third kappa shape index (κ3) is 3.85. The number of benzene rings is 1. The van der Waals surface area contributed by atoms with Gasteiger partial charge in [-0.2, -0.15) is 0 Å². The van der Waals surface area contributed by atoms with Gasteiger partial charge in [0.05, 0.1) is 10.6 Å². The molecule has 0 atom stereocenters. The second-order valence-corrected chi connectivity index (χ2v) is 4.35. The molecule has 1 rings (SSSR count). The van der Waals surface area contributed by atoms with Crippen LogP contribution in [0.25, 0.3) is 0 Å². The summed E-state index contributed by atoms with van der Waals surface area (Å²) in [6, 6.07) is 2.27. The average molecular weight is 330 g/mol. The third-order valence-corrected chi connectivity index (χ3v) is 3.11. The molecule has 0 spiro atoms. The standard InChI is InChI=1S/C13H19N5O3.ClH/c1-4-8-6-10(18(20)21)7-9(5-2)11(8)17(12(14)15)13(19)16-3;/h6-7H,4-5H2,1-3H3,(H3,14,15)(H,16,19);1H. The molecule has 4 N–H and O–H groups in total. The first-order chi connectivity index (χ1) is 9.87. The number of nitro benzene ring substituents is 1. The van der Waals surface area contributed by atoms with Gasteiger partial charge in [-0.25, -0.2) is 9.69 Å². The summed E-state index contributed by atoms with van der Waals surface area (Å²) in [5.74, 6) is -0.437. The van der Waals surface area contributed by atoms with E-state index in [0.717, 1.165) is 4.90 Å². The number of carbonyl (C=O) groups excluding carboxylic acids is 1. The highest BCUT2D eigenvalue weighted by Gasteiger charge is 2.25. The van der Waals surface area contributed by atoms with Crippen LogP contribution in [-0.4, -0.2) is 24.0 Å². The molecule has 22 heavy (non-hydrogen) atoms. The summed E-state index contributed by atoms with van der Waals surface area (Å²) in [4.78, 5) is 23.5. The molecule has 0 bridgehead atoms. The summed E-state index contributed by atoms with van der Waals surface area (Å²) < 4.78 is 0. The molecule has 0 saturated carbocycles. The Balaban J connectivity index is 0.00000441. The van der Waals surface area contributed by atoms with Crippen molar-refractivity contribution in [2.45, 2.75) is 26.7 Å². The number of carbonyl (C=O) groups is 1. The number of hydrogen-bond donors (Lipinski definition) is 3. The monoisotopic (exact) mass is 329 g/mol. The molecule has 122 valence electrons. The van der Waals surface area contributed by atoms with Gasteiger partial charge < -0.3 is 11.1 Å². The van der Waals surface area contributed by atoms with Crippen molar-refractivity contribution in [3.63, 3.8) is 0 Å². The molecule has 0 radical (unpaired) electrons. The number of non-ortho nitro benzene ring substituents is 1. The molecule has 9 heteroatoms. The highest BCUT2D eigenvalue weighted by atomic mass is 35.5. The van der Waals surface area contributed by atoms with Gasteiger partial charge in [0, 0.05) is 19.2 Å². The Kier molecular flexibility index (Phi) is 7.31. The van der Waals surface area contributed by atoms with Crippen molar-refractivity contribution in [3.8, 4) is 0 Å². The minimum absolute atomic E-state index is 0. The summed E-state index contributed by atoms with van der Waals surface area (Å²) in [6.45, 7) is 3.65. The van der Waals surface area contributed by atoms with E-state index in [0.29, 0.717) is 29.7 Å². The Hall–Kier alpha value is -2.35. The summed E-state index contributed by atoms with van der Waals surface area (Å²) in [5, 5.41) is 21.0. The minimum Gasteiger partial charge on any atom is -0.369 e. The van der Waals surface area contributed by atoms with Gasteiger partial charge in [0.25, 0.3) is 5.69 Å². The van der Waals surface area contributed by atoms with E-state index in [1.165, 1.54) is 19.2 Å². The van der Waals surface area contributed by atoms with Crippen molar-refractivity contribution in [2.75, 3.05) is 11.9 Å². The van der Waals surface area contributed by atoms with Crippen molar-refractivity contribution in [1.82, 2.24) is 5.32 Å². The van der Waals surface area contributed by atoms with E-state index in [1.807, 2.05) is 13.8 Å². The van der Waals surface area contributed by atoms with Gasteiger partial charge in [-0.3, -0.25) is 15.5 Å². The fourth-order valence-corrected chi connectivity index (χ4v) is 2.12. The quantitative estimate of drug-likeness (QED) is 0.338. The number of nitrogens with one attached hydrogen (secondary N) is 2. The topological polar surface area (TPSA) is 125 Å². The number of hydrogen-bond acceptors (Lipinski definition) is 4. The van der Waals surface area contributed by atoms with Crippen LogP contribution in [0, 0.1) is 15.5 Å². The zero-order valence-electron chi connectivity index (χ0n) is 12.7. The molecule has 1 aromatic rings. The van der Waals surface area contributed by atoms with E-state index < -0.39 is 16.9 Å². The number of aryl methyl sites for hydroxylation is 2. The molecular weight excluding hydrogens is 310 g/mol. The predicted octanol–water partition coefficient (Wildman–Crippen LogP) is 2.18. The lowest BCUT2D eigenvalue weighted by Crippen LogP contribution is -2.47. The van der Waals surface area contributed by atoms with Crippen molar-refractivity contribution in [1.29, 1.82) is 5.41 Å². The second kappa shape index (κ2) is 8.18. The number of amides is 2. The van der Waals surface area contributed by atoms with E-state index >= 15 is 0 Å². The highest BCUT2D eigenvalue weighted by molar-refractivity contribution is 6.14. The Bertz CT molecular complexity index is 566. The van der Waals surface area contributed by atoms with Gasteiger partial charge in [0.2, 0.25) is 5.96 Å². The number of anilines is 1. The van der Waals surface area contributed by atoms with Gasteiger partial charge in [0.1, 0.15) is 0 Å². The number of guanidine groups is 1. The van der Waals surface area contributed by atoms with Crippen LogP contribution in [0.15, 0.2) is 12.1 Å². The first-order valence-electron chi connectivity index (χ1n) is 6.53. The highest BCUT2D eigenvalue weighted by Crippen LogP contribution is 2.31. The Morgan fingerprint density at radius 3 is 2.09 bits per heavy atom. The maximum atomic E-state index is 12.0. The lowest BCUT2D eigenvalue weighted by Gasteiger charge is -2.25. The maximum absolute atomic E-state index is 12.0. The van der Waals surface area contributed by atoms with Crippen LogP contribution in [-0.2, 0) is 12.8 Å². The number of halogens is 1. The first kappa shape index (κ1) is 19.7. The molecule has 0 aromatic heterocycles. The fourth-order valence-electron chi connectivity index (χ4n) is 2.12. The third-order valence-electron chi connectivity index (χ3n) is 3.11. The van der Waals surface area contributed by atoms with Crippen LogP contribution in [0.2, 0.25) is 0 Å². The molecule has 1 aromatic carbocycles. The Morgan fingerprint density at radius 2 is 1.82 bits per heavy atom. The lowest BCUT2D eigenvalue weighted by atomic mass is 10.0. The van der Waals surface area contributed by atoms with Crippen LogP contribution in [0.1, 0.15) is 25.0 Å². The number of nitrogens with two attached hydrogens (primary N) is 1. The van der Waals surface area contributed by atoms with Crippen molar-refractivity contribution >= 4 is 35.8 Å². The minimum atomic E-state index is -0.555. The van der Waals surface area contributed by atoms with Crippen LogP contribution >= 0.6 is 12.4 Å². The number of nitrogens with zero attached hydrogens (tertiary/aromatic N) is 2. The number of urea groups is 1. The smallest absolute Gasteiger partial charge is 0.328 e. The lowest BCUT2D eigenvalue weighted by molar-refractivity contribution is -0.385. The van der Waals surface area contributed by atoms with Crippen LogP contribution in [0.4, 0.5) is 16.2 Å². The number of nitro groups is 1. The normalized spacial score (nSPS) is 9.59. The summed E-state index contributed by atoms with van der Waals surface area (Å²) in [6.07, 6.45) is 0.954. The van der Waals surface area contributed by atoms with E-state index in [2.05, 4.69) is 5.32 Å². The van der Waals surface area contributed by atoms with Crippen LogP contribution < -0.4 is 16.0 Å². The largest absolute Gasteiger partial charge is 0.369 e. The van der Waals surface area contributed by atoms with E-state index in [4.69, 9.17) is 11.1 Å². The zero-order chi connectivity index (χ0) is 16.2. The molecule has 0 aliphatic rings. The van der Waals surface area contributed by atoms with E-state index in [1.54, 1.807) is 0 Å². The second-order valence-electron chi connectivity index (χ2n) is 4.35. The Labute approximate surface area is 134 Å². The summed E-state index contributed by atoms with van der Waals surface area (Å²) in [5.41, 5.74) is 7.11. The van der Waals surface area contributed by atoms with Crippen molar-refractivity contribution in [2.24, 2.45) is 5.73 Å². The first-order valence-corrected chi connectivity index (χ1v) is 6.53. The molecule has 0 heterocycles. The van der Waals surface area contributed by atoms with Gasteiger partial charge in [0.15, 0.2) is 0 Å². The van der Waals surface area contributed by atoms with Gasteiger partial charge >= 0.3 is 6.03 Å². The van der Waals surface area contributed by atoms with Crippen LogP contribution in [0.5, 0.6) is 0 Å². The van der Waals surface area contributed by atoms with E-state index in [-0.39, 0.29) is 18.1 Å². The molecular formula is C13H20ClN5O3. The molecule has 0 aliphatic carbocycles. The van der Waals surface area contributed by atoms with Gasteiger partial charge in [-0.15, -0.1) is 12.4 Å². The molecule has 8 nitrogen and oxygen atoms in total. The molecule has 2 amide bonds. The fraction of sp³-hybridized carbons (Fsp3) is 0.385. The Morgan fingerprint density at radius 1 is 1.36 bits per heavy atom. The SMILES string of the molecule is CCc1cc([N+](=O)[O-])cc(CC)c1N(C(=N)N)C(=O)NC.Cl. The molecule has 0 aliphatic heterocycles. The van der Waals surface area contributed by atoms with Crippen molar-refractivity contribution < 1.29 is 9.72 Å². The predicted molar refractivity (Wildman–Crippen MR) is 87.9 cm³/mol. The molecule has 0 saturated heterocycles. The zero-order valence-corrected chi connectivity index (χ0v) is 13.5.